The Morgan fingerprint density at radius 3 is 2.72 bits per heavy atom. The second kappa shape index (κ2) is 6.43. The van der Waals surface area contributed by atoms with Crippen LogP contribution in [-0.2, 0) is 14.3 Å². The smallest absolute Gasteiger partial charge is 0.332 e. The van der Waals surface area contributed by atoms with Gasteiger partial charge in [-0.3, -0.25) is 4.79 Å². The van der Waals surface area contributed by atoms with Crippen LogP contribution in [0.25, 0.3) is 0 Å². The molecule has 1 aliphatic heterocycles. The van der Waals surface area contributed by atoms with E-state index in [-0.39, 0.29) is 17.3 Å². The zero-order valence-corrected chi connectivity index (χ0v) is 12.1. The van der Waals surface area contributed by atoms with E-state index < -0.39 is 12.0 Å². The van der Waals surface area contributed by atoms with Crippen molar-refractivity contribution in [1.29, 1.82) is 0 Å². The first kappa shape index (κ1) is 15.3. The summed E-state index contributed by atoms with van der Waals surface area (Å²) < 4.78 is 4.94. The zero-order valence-electron chi connectivity index (χ0n) is 11.3. The zero-order chi connectivity index (χ0) is 13.8. The molecule has 18 heavy (non-hydrogen) atoms. The van der Waals surface area contributed by atoms with E-state index in [1.54, 1.807) is 11.8 Å². The molecule has 0 spiro atoms. The van der Waals surface area contributed by atoms with Crippen LogP contribution in [0.15, 0.2) is 0 Å². The fourth-order valence-electron chi connectivity index (χ4n) is 1.77. The number of hydrogen-bond donors (Lipinski definition) is 1. The maximum atomic E-state index is 12.1. The average molecular weight is 274 g/mol. The van der Waals surface area contributed by atoms with Crippen LogP contribution in [0.1, 0.15) is 27.2 Å². The minimum absolute atomic E-state index is 0.170. The van der Waals surface area contributed by atoms with Crippen molar-refractivity contribution in [2.45, 2.75) is 38.0 Å². The highest BCUT2D eigenvalue weighted by Crippen LogP contribution is 2.30. The van der Waals surface area contributed by atoms with Gasteiger partial charge in [0.1, 0.15) is 0 Å². The number of thioether (sulfide) groups is 1. The summed E-state index contributed by atoms with van der Waals surface area (Å²) in [5, 5.41) is 0. The van der Waals surface area contributed by atoms with Gasteiger partial charge in [0, 0.05) is 23.6 Å². The highest BCUT2D eigenvalue weighted by molar-refractivity contribution is 8.00. The normalized spacial score (nSPS) is 21.0. The molecule has 0 radical (unpaired) electrons. The van der Waals surface area contributed by atoms with Gasteiger partial charge in [-0.1, -0.05) is 13.8 Å². The summed E-state index contributed by atoms with van der Waals surface area (Å²) in [5.74, 6) is -0.0979. The van der Waals surface area contributed by atoms with Gasteiger partial charge in [-0.15, -0.1) is 0 Å². The summed E-state index contributed by atoms with van der Waals surface area (Å²) in [7, 11) is 0. The van der Waals surface area contributed by atoms with Crippen LogP contribution in [0.5, 0.6) is 0 Å². The lowest BCUT2D eigenvalue weighted by Crippen LogP contribution is -2.49. The summed E-state index contributed by atoms with van der Waals surface area (Å²) in [6.45, 7) is 7.54. The summed E-state index contributed by atoms with van der Waals surface area (Å²) in [5.41, 5.74) is 5.62. The molecule has 0 saturated carbocycles. The summed E-state index contributed by atoms with van der Waals surface area (Å²) in [6, 6.07) is -1.18. The topological polar surface area (TPSA) is 72.6 Å². The van der Waals surface area contributed by atoms with Crippen molar-refractivity contribution in [3.63, 3.8) is 0 Å². The van der Waals surface area contributed by atoms with Crippen LogP contribution in [0, 0.1) is 0 Å². The average Bonchev–Trinajstić information content (AvgIpc) is 2.48. The molecule has 1 fully saturated rings. The number of nitrogens with two attached hydrogens (primary N) is 1. The molecule has 2 N–H and O–H groups in total. The highest BCUT2D eigenvalue weighted by atomic mass is 32.2. The third-order valence-corrected chi connectivity index (χ3v) is 4.33. The van der Waals surface area contributed by atoms with Crippen molar-refractivity contribution in [3.8, 4) is 0 Å². The number of rotatable bonds is 3. The molecule has 0 bridgehead atoms. The minimum Gasteiger partial charge on any atom is -0.464 e. The highest BCUT2D eigenvalue weighted by Gasteiger charge is 2.31. The number of nitrogens with zero attached hydrogens (tertiary/aromatic N) is 1. The molecule has 5 nitrogen and oxygen atoms in total. The lowest BCUT2D eigenvalue weighted by molar-refractivity contribution is -0.150. The second-order valence-corrected chi connectivity index (χ2v) is 6.72. The van der Waals surface area contributed by atoms with Crippen LogP contribution >= 0.6 is 11.8 Å². The van der Waals surface area contributed by atoms with Crippen molar-refractivity contribution in [3.05, 3.63) is 0 Å². The Hall–Kier alpha value is -0.750. The maximum absolute atomic E-state index is 12.1. The van der Waals surface area contributed by atoms with E-state index >= 15 is 0 Å². The Bertz CT molecular complexity index is 320. The van der Waals surface area contributed by atoms with E-state index in [0.29, 0.717) is 13.1 Å². The lowest BCUT2D eigenvalue weighted by Gasteiger charge is -2.24. The minimum atomic E-state index is -1.18. The standard InChI is InChI=1S/C12H22N2O3S/c1-4-17-11(16)9(13)10(15)14-6-5-12(2,3)18-8-7-14/h9H,4-8,13H2,1-3H3. The van der Waals surface area contributed by atoms with Gasteiger partial charge in [-0.25, -0.2) is 4.79 Å². The number of esters is 1. The number of amides is 1. The maximum Gasteiger partial charge on any atom is 0.332 e. The number of ether oxygens (including phenoxy) is 1. The van der Waals surface area contributed by atoms with Gasteiger partial charge >= 0.3 is 5.97 Å². The van der Waals surface area contributed by atoms with E-state index in [1.165, 1.54) is 0 Å². The number of carbonyl (C=O) groups is 2. The van der Waals surface area contributed by atoms with Crippen molar-refractivity contribution in [1.82, 2.24) is 4.90 Å². The van der Waals surface area contributed by atoms with Crippen LogP contribution in [-0.4, -0.2) is 53.0 Å². The van der Waals surface area contributed by atoms with Crippen molar-refractivity contribution < 1.29 is 14.3 Å². The first-order valence-electron chi connectivity index (χ1n) is 6.22. The molecule has 1 aliphatic rings. The van der Waals surface area contributed by atoms with Crippen LogP contribution in [0.2, 0.25) is 0 Å². The van der Waals surface area contributed by atoms with Gasteiger partial charge < -0.3 is 15.4 Å². The summed E-state index contributed by atoms with van der Waals surface area (Å²) in [4.78, 5) is 25.2. The SMILES string of the molecule is CCOC(=O)C(N)C(=O)N1CCSC(C)(C)CC1. The Morgan fingerprint density at radius 1 is 1.44 bits per heavy atom. The molecule has 0 aromatic rings. The Kier molecular flexibility index (Phi) is 5.47. The van der Waals surface area contributed by atoms with Crippen LogP contribution in [0.4, 0.5) is 0 Å². The molecule has 1 atom stereocenters. The third-order valence-electron chi connectivity index (χ3n) is 2.96. The fraction of sp³-hybridized carbons (Fsp3) is 0.833. The number of carbonyl (C=O) groups excluding carboxylic acids is 2. The van der Waals surface area contributed by atoms with E-state index in [0.717, 1.165) is 12.2 Å². The van der Waals surface area contributed by atoms with Gasteiger partial charge in [0.05, 0.1) is 6.61 Å². The second-order valence-electron chi connectivity index (χ2n) is 4.91. The molecule has 1 heterocycles. The van der Waals surface area contributed by atoms with Crippen molar-refractivity contribution in [2.24, 2.45) is 5.73 Å². The first-order valence-corrected chi connectivity index (χ1v) is 7.21. The Labute approximate surface area is 112 Å². The largest absolute Gasteiger partial charge is 0.464 e. The predicted octanol–water partition coefficient (Wildman–Crippen LogP) is 0.621. The molecule has 1 amide bonds. The molecule has 1 unspecified atom stereocenters. The molecular weight excluding hydrogens is 252 g/mol. The van der Waals surface area contributed by atoms with Crippen molar-refractivity contribution in [2.75, 3.05) is 25.4 Å². The van der Waals surface area contributed by atoms with Gasteiger partial charge in [0.25, 0.3) is 5.91 Å². The molecule has 0 aliphatic carbocycles. The Morgan fingerprint density at radius 2 is 2.11 bits per heavy atom. The van der Waals surface area contributed by atoms with Gasteiger partial charge in [-0.05, 0) is 13.3 Å². The molecule has 1 saturated heterocycles. The summed E-state index contributed by atoms with van der Waals surface area (Å²) in [6.07, 6.45) is 0.902. The monoisotopic (exact) mass is 274 g/mol. The van der Waals surface area contributed by atoms with Crippen LogP contribution in [0.3, 0.4) is 0 Å². The third kappa shape index (κ3) is 4.17. The first-order chi connectivity index (χ1) is 8.37. The predicted molar refractivity (Wildman–Crippen MR) is 72.3 cm³/mol. The van der Waals surface area contributed by atoms with Gasteiger partial charge in [0.2, 0.25) is 0 Å². The van der Waals surface area contributed by atoms with Gasteiger partial charge in [-0.2, -0.15) is 11.8 Å². The molecule has 104 valence electrons. The summed E-state index contributed by atoms with van der Waals surface area (Å²) >= 11 is 1.84. The quantitative estimate of drug-likeness (QED) is 0.603. The van der Waals surface area contributed by atoms with E-state index in [1.807, 2.05) is 11.8 Å². The van der Waals surface area contributed by atoms with Crippen LogP contribution < -0.4 is 5.73 Å². The molecule has 0 aromatic carbocycles. The molecular formula is C12H22N2O3S. The van der Waals surface area contributed by atoms with E-state index in [4.69, 9.17) is 10.5 Å². The lowest BCUT2D eigenvalue weighted by atomic mass is 10.1. The molecule has 1 rings (SSSR count). The molecule has 0 aromatic heterocycles. The fourth-order valence-corrected chi connectivity index (χ4v) is 2.87. The molecule has 6 heteroatoms. The van der Waals surface area contributed by atoms with E-state index in [9.17, 15) is 9.59 Å². The Balaban J connectivity index is 2.58. The van der Waals surface area contributed by atoms with Gasteiger partial charge in [0.15, 0.2) is 6.04 Å². The van der Waals surface area contributed by atoms with E-state index in [2.05, 4.69) is 13.8 Å². The van der Waals surface area contributed by atoms with Crippen molar-refractivity contribution >= 4 is 23.6 Å². The number of hydrogen-bond acceptors (Lipinski definition) is 5.